The van der Waals surface area contributed by atoms with Crippen molar-refractivity contribution < 1.29 is 4.79 Å². The third-order valence-corrected chi connectivity index (χ3v) is 6.58. The number of carbonyl (C=O) groups is 1. The van der Waals surface area contributed by atoms with Crippen LogP contribution in [0, 0.1) is 6.92 Å². The van der Waals surface area contributed by atoms with Crippen molar-refractivity contribution in [2.75, 3.05) is 12.3 Å². The van der Waals surface area contributed by atoms with Gasteiger partial charge in [0, 0.05) is 24.2 Å². The molecule has 142 valence electrons. The van der Waals surface area contributed by atoms with E-state index >= 15 is 0 Å². The highest BCUT2D eigenvalue weighted by atomic mass is 32.2. The summed E-state index contributed by atoms with van der Waals surface area (Å²) in [5.41, 5.74) is 2.22. The van der Waals surface area contributed by atoms with Crippen LogP contribution in [0.5, 0.6) is 0 Å². The molecule has 0 spiro atoms. The van der Waals surface area contributed by atoms with E-state index in [9.17, 15) is 4.79 Å². The smallest absolute Gasteiger partial charge is 0.273 e. The maximum Gasteiger partial charge on any atom is 0.273 e. The topological polar surface area (TPSA) is 103 Å². The van der Waals surface area contributed by atoms with Gasteiger partial charge in [-0.05, 0) is 32.6 Å². The van der Waals surface area contributed by atoms with Crippen LogP contribution < -0.4 is 5.32 Å². The summed E-state index contributed by atoms with van der Waals surface area (Å²) in [5, 5.41) is 20.6. The number of aryl methyl sites for hydroxylation is 3. The van der Waals surface area contributed by atoms with E-state index in [0.29, 0.717) is 23.7 Å². The van der Waals surface area contributed by atoms with Gasteiger partial charge in [0.2, 0.25) is 5.13 Å². The van der Waals surface area contributed by atoms with E-state index in [2.05, 4.69) is 25.8 Å². The average Bonchev–Trinajstić information content (AvgIpc) is 3.36. The number of nitrogens with zero attached hydrogens (tertiary/aromatic N) is 7. The number of aromatic nitrogens is 7. The van der Waals surface area contributed by atoms with Crippen LogP contribution in [0.1, 0.15) is 39.6 Å². The molecule has 3 aromatic rings. The zero-order valence-corrected chi connectivity index (χ0v) is 16.8. The van der Waals surface area contributed by atoms with Crippen molar-refractivity contribution in [3.63, 3.8) is 0 Å². The fourth-order valence-corrected chi connectivity index (χ4v) is 4.83. The fourth-order valence-electron chi connectivity index (χ4n) is 2.94. The molecule has 0 aromatic carbocycles. The van der Waals surface area contributed by atoms with Gasteiger partial charge >= 0.3 is 0 Å². The van der Waals surface area contributed by atoms with E-state index in [1.54, 1.807) is 22.3 Å². The van der Waals surface area contributed by atoms with Gasteiger partial charge < -0.3 is 9.88 Å². The van der Waals surface area contributed by atoms with Crippen molar-refractivity contribution in [1.29, 1.82) is 0 Å². The molecule has 0 saturated carbocycles. The molecule has 27 heavy (non-hydrogen) atoms. The predicted molar refractivity (Wildman–Crippen MR) is 102 cm³/mol. The van der Waals surface area contributed by atoms with Gasteiger partial charge in [-0.2, -0.15) is 4.68 Å². The van der Waals surface area contributed by atoms with Gasteiger partial charge in [0.1, 0.15) is 6.33 Å². The summed E-state index contributed by atoms with van der Waals surface area (Å²) >= 11 is 3.19. The normalized spacial score (nSPS) is 13.6. The molecule has 1 amide bonds. The molecule has 3 aromatic heterocycles. The Morgan fingerprint density at radius 1 is 1.33 bits per heavy atom. The lowest BCUT2D eigenvalue weighted by molar-refractivity contribution is 0.0950. The molecule has 9 nitrogen and oxygen atoms in total. The molecule has 0 atom stereocenters. The number of hydrogen-bond donors (Lipinski definition) is 1. The first-order chi connectivity index (χ1) is 13.1. The number of nitrogens with one attached hydrogen (secondary N) is 1. The van der Waals surface area contributed by atoms with Crippen LogP contribution in [0.2, 0.25) is 0 Å². The lowest BCUT2D eigenvalue weighted by atomic mass is 10.0. The van der Waals surface area contributed by atoms with E-state index in [1.165, 1.54) is 35.2 Å². The number of fused-ring (bicyclic) bond motifs is 1. The van der Waals surface area contributed by atoms with Crippen LogP contribution in [0.15, 0.2) is 11.5 Å². The molecule has 0 aliphatic heterocycles. The molecule has 1 N–H and O–H groups in total. The lowest BCUT2D eigenvalue weighted by Gasteiger charge is -2.06. The Bertz CT molecular complexity index is 936. The Hall–Kier alpha value is -2.27. The van der Waals surface area contributed by atoms with Crippen molar-refractivity contribution in [2.24, 2.45) is 7.05 Å². The van der Waals surface area contributed by atoms with E-state index < -0.39 is 0 Å². The molecule has 3 heterocycles. The van der Waals surface area contributed by atoms with Crippen molar-refractivity contribution in [3.05, 3.63) is 28.3 Å². The second kappa shape index (κ2) is 7.77. The van der Waals surface area contributed by atoms with Crippen LogP contribution in [0.4, 0.5) is 0 Å². The first-order valence-electron chi connectivity index (χ1n) is 8.79. The number of rotatable bonds is 6. The van der Waals surface area contributed by atoms with E-state index in [0.717, 1.165) is 23.1 Å². The molecule has 0 fully saturated rings. The quantitative estimate of drug-likeness (QED) is 0.491. The highest BCUT2D eigenvalue weighted by molar-refractivity contribution is 7.99. The summed E-state index contributed by atoms with van der Waals surface area (Å²) in [6, 6.07) is 0. The molecule has 1 aliphatic rings. The Morgan fingerprint density at radius 3 is 2.96 bits per heavy atom. The third-order valence-electron chi connectivity index (χ3n) is 4.41. The second-order valence-corrected chi connectivity index (χ2v) is 8.46. The summed E-state index contributed by atoms with van der Waals surface area (Å²) in [4.78, 5) is 18.5. The summed E-state index contributed by atoms with van der Waals surface area (Å²) < 4.78 is 3.52. The highest BCUT2D eigenvalue weighted by Crippen LogP contribution is 2.29. The maximum atomic E-state index is 12.4. The number of thiazole rings is 1. The van der Waals surface area contributed by atoms with Gasteiger partial charge in [0.05, 0.1) is 11.4 Å². The fraction of sp³-hybridized carbons (Fsp3) is 0.500. The number of carbonyl (C=O) groups excluding carboxylic acids is 1. The van der Waals surface area contributed by atoms with Crippen LogP contribution in [0.25, 0.3) is 5.13 Å². The molecule has 11 heteroatoms. The van der Waals surface area contributed by atoms with Gasteiger partial charge in [-0.1, -0.05) is 28.3 Å². The zero-order chi connectivity index (χ0) is 18.8. The molecule has 1 aliphatic carbocycles. The first kappa shape index (κ1) is 18.1. The zero-order valence-electron chi connectivity index (χ0n) is 15.2. The first-order valence-corrected chi connectivity index (χ1v) is 10.6. The van der Waals surface area contributed by atoms with Gasteiger partial charge in [0.25, 0.3) is 5.91 Å². The Kier molecular flexibility index (Phi) is 5.21. The third kappa shape index (κ3) is 3.74. The average molecular weight is 405 g/mol. The van der Waals surface area contributed by atoms with Crippen molar-refractivity contribution in [3.8, 4) is 5.13 Å². The minimum absolute atomic E-state index is 0.223. The standard InChI is InChI=1S/C16H20N8OS2/c1-10-13(14(25)17-7-8-26-16-21-18-9-23(16)2)20-22-24(10)15-19-11-5-3-4-6-12(11)27-15/h9H,3-8H2,1-2H3,(H,17,25). The number of thioether (sulfide) groups is 1. The number of hydrogen-bond acceptors (Lipinski definition) is 8. The van der Waals surface area contributed by atoms with E-state index in [4.69, 9.17) is 4.98 Å². The minimum Gasteiger partial charge on any atom is -0.350 e. The maximum absolute atomic E-state index is 12.4. The van der Waals surface area contributed by atoms with Gasteiger partial charge in [-0.25, -0.2) is 4.98 Å². The highest BCUT2D eigenvalue weighted by Gasteiger charge is 2.21. The molecule has 0 bridgehead atoms. The summed E-state index contributed by atoms with van der Waals surface area (Å²) in [7, 11) is 1.89. The number of amides is 1. The van der Waals surface area contributed by atoms with Crippen LogP contribution in [-0.4, -0.2) is 52.9 Å². The van der Waals surface area contributed by atoms with Crippen LogP contribution >= 0.6 is 23.1 Å². The van der Waals surface area contributed by atoms with Gasteiger partial charge in [0.15, 0.2) is 10.9 Å². The summed E-state index contributed by atoms with van der Waals surface area (Å²) in [6.07, 6.45) is 6.16. The molecule has 4 rings (SSSR count). The Balaban J connectivity index is 1.38. The van der Waals surface area contributed by atoms with Crippen molar-refractivity contribution in [2.45, 2.75) is 37.8 Å². The molecule has 0 saturated heterocycles. The molecule has 0 radical (unpaired) electrons. The second-order valence-electron chi connectivity index (χ2n) is 6.34. The van der Waals surface area contributed by atoms with E-state index in [-0.39, 0.29) is 5.91 Å². The summed E-state index contributed by atoms with van der Waals surface area (Å²) in [5.74, 6) is 0.476. The molecular weight excluding hydrogens is 384 g/mol. The van der Waals surface area contributed by atoms with Gasteiger partial charge in [-0.15, -0.1) is 15.3 Å². The van der Waals surface area contributed by atoms with Crippen LogP contribution in [0.3, 0.4) is 0 Å². The van der Waals surface area contributed by atoms with E-state index in [1.807, 2.05) is 18.5 Å². The lowest BCUT2D eigenvalue weighted by Crippen LogP contribution is -2.27. The SMILES string of the molecule is Cc1c(C(=O)NCCSc2nncn2C)nnn1-c1nc2c(s1)CCCC2. The molecule has 0 unspecified atom stereocenters. The van der Waals surface area contributed by atoms with Gasteiger partial charge in [-0.3, -0.25) is 4.79 Å². The molecular formula is C16H20N8OS2. The predicted octanol–water partition coefficient (Wildman–Crippen LogP) is 1.56. The van der Waals surface area contributed by atoms with Crippen LogP contribution in [-0.2, 0) is 19.9 Å². The van der Waals surface area contributed by atoms with Crippen molar-refractivity contribution >= 4 is 29.0 Å². The monoisotopic (exact) mass is 404 g/mol. The Morgan fingerprint density at radius 2 is 2.19 bits per heavy atom. The minimum atomic E-state index is -0.223. The van der Waals surface area contributed by atoms with Crippen molar-refractivity contribution in [1.82, 2.24) is 40.1 Å². The Labute approximate surface area is 164 Å². The summed E-state index contributed by atoms with van der Waals surface area (Å²) in [6.45, 7) is 2.36. The largest absolute Gasteiger partial charge is 0.350 e.